The maximum Gasteiger partial charge on any atom is 0.220 e. The Morgan fingerprint density at radius 2 is 1.54 bits per heavy atom. The topological polar surface area (TPSA) is 67.9 Å². The molecule has 1 heterocycles. The molecule has 0 bridgehead atoms. The summed E-state index contributed by atoms with van der Waals surface area (Å²) >= 11 is 0. The maximum absolute atomic E-state index is 12.8. The lowest BCUT2D eigenvalue weighted by atomic mass is 10.0. The van der Waals surface area contributed by atoms with Gasteiger partial charge in [0.2, 0.25) is 5.91 Å². The molecule has 3 rings (SSSR count). The molecular weight excluding hydrogens is 488 g/mol. The van der Waals surface area contributed by atoms with Gasteiger partial charge in [0.1, 0.15) is 11.5 Å². The number of nitrogens with zero attached hydrogens (tertiary/aromatic N) is 1. The summed E-state index contributed by atoms with van der Waals surface area (Å²) in [5.74, 6) is 2.56. The summed E-state index contributed by atoms with van der Waals surface area (Å²) in [6, 6.07) is 15.6. The molecule has 1 amide bonds. The third-order valence-corrected chi connectivity index (χ3v) is 7.36. The van der Waals surface area contributed by atoms with Gasteiger partial charge in [-0.05, 0) is 106 Å². The first-order valence-electron chi connectivity index (χ1n) is 14.8. The number of ketones is 1. The fraction of sp³-hybridized carbons (Fsp3) is 0.576. The van der Waals surface area contributed by atoms with Gasteiger partial charge in [-0.3, -0.25) is 9.59 Å². The number of Topliss-reactive ketones (excluding diaryl/α,β-unsaturated/α-hetero) is 1. The van der Waals surface area contributed by atoms with Crippen molar-refractivity contribution in [3.05, 3.63) is 59.7 Å². The highest BCUT2D eigenvalue weighted by Gasteiger charge is 2.20. The Balaban J connectivity index is 1.42. The van der Waals surface area contributed by atoms with Crippen molar-refractivity contribution in [2.75, 3.05) is 33.4 Å². The Hall–Kier alpha value is -2.86. The summed E-state index contributed by atoms with van der Waals surface area (Å²) in [7, 11) is 1.61. The quantitative estimate of drug-likeness (QED) is 0.175. The molecule has 1 fully saturated rings. The molecule has 0 radical (unpaired) electrons. The van der Waals surface area contributed by atoms with Crippen LogP contribution in [0.5, 0.6) is 11.5 Å². The zero-order chi connectivity index (χ0) is 27.9. The van der Waals surface area contributed by atoms with Gasteiger partial charge >= 0.3 is 0 Å². The van der Waals surface area contributed by atoms with E-state index in [1.807, 2.05) is 12.1 Å². The van der Waals surface area contributed by atoms with Gasteiger partial charge < -0.3 is 19.7 Å². The number of rotatable bonds is 18. The highest BCUT2D eigenvalue weighted by molar-refractivity contribution is 5.96. The van der Waals surface area contributed by atoms with Gasteiger partial charge in [-0.25, -0.2) is 0 Å². The van der Waals surface area contributed by atoms with Crippen molar-refractivity contribution in [2.45, 2.75) is 84.1 Å². The van der Waals surface area contributed by atoms with Crippen LogP contribution in [0.3, 0.4) is 0 Å². The van der Waals surface area contributed by atoms with E-state index in [0.717, 1.165) is 56.5 Å². The van der Waals surface area contributed by atoms with Crippen LogP contribution in [0.4, 0.5) is 0 Å². The standard InChI is InChI=1S/C33H48N2O4/c1-26(2)10-6-9-23-39-31-17-13-27(14-18-31)24-29(25-35-21-7-8-22-35)34-33(37)12-5-4-11-32(36)28-15-19-30(38-3)20-16-28/h13-20,26,29H,4-12,21-25H2,1-3H3,(H,34,37)/t29-/m0/s1. The van der Waals surface area contributed by atoms with Crippen molar-refractivity contribution in [3.63, 3.8) is 0 Å². The fourth-order valence-electron chi connectivity index (χ4n) is 5.08. The third kappa shape index (κ3) is 11.8. The zero-order valence-electron chi connectivity index (χ0n) is 24.3. The van der Waals surface area contributed by atoms with Crippen LogP contribution in [-0.4, -0.2) is 56.0 Å². The molecule has 0 unspecified atom stereocenters. The molecule has 1 atom stereocenters. The zero-order valence-corrected chi connectivity index (χ0v) is 24.3. The van der Waals surface area contributed by atoms with Crippen LogP contribution in [0, 0.1) is 5.92 Å². The number of benzene rings is 2. The lowest BCUT2D eigenvalue weighted by molar-refractivity contribution is -0.122. The Labute approximate surface area is 235 Å². The molecule has 39 heavy (non-hydrogen) atoms. The minimum absolute atomic E-state index is 0.0671. The SMILES string of the molecule is COc1ccc(C(=O)CCCCC(=O)N[C@@H](Cc2ccc(OCCCCC(C)C)cc2)CN2CCCC2)cc1. The number of hydrogen-bond donors (Lipinski definition) is 1. The van der Waals surface area contributed by atoms with Crippen molar-refractivity contribution >= 4 is 11.7 Å². The van der Waals surface area contributed by atoms with Gasteiger partial charge in [-0.2, -0.15) is 0 Å². The van der Waals surface area contributed by atoms with Gasteiger partial charge in [-0.15, -0.1) is 0 Å². The lowest BCUT2D eigenvalue weighted by Crippen LogP contribution is -2.44. The van der Waals surface area contributed by atoms with Crippen LogP contribution in [0.15, 0.2) is 48.5 Å². The van der Waals surface area contributed by atoms with Gasteiger partial charge in [-0.1, -0.05) is 32.4 Å². The molecule has 1 saturated heterocycles. The first-order chi connectivity index (χ1) is 18.9. The highest BCUT2D eigenvalue weighted by atomic mass is 16.5. The van der Waals surface area contributed by atoms with Gasteiger partial charge in [0.25, 0.3) is 0 Å². The second-order valence-electron chi connectivity index (χ2n) is 11.2. The van der Waals surface area contributed by atoms with Crippen molar-refractivity contribution in [2.24, 2.45) is 5.92 Å². The van der Waals surface area contributed by atoms with Crippen LogP contribution in [-0.2, 0) is 11.2 Å². The maximum atomic E-state index is 12.8. The molecule has 2 aromatic rings. The molecule has 0 aliphatic carbocycles. The molecule has 2 aromatic carbocycles. The second-order valence-corrected chi connectivity index (χ2v) is 11.2. The molecule has 1 N–H and O–H groups in total. The van der Waals surface area contributed by atoms with Crippen LogP contribution in [0.25, 0.3) is 0 Å². The van der Waals surface area contributed by atoms with E-state index in [0.29, 0.717) is 31.2 Å². The second kappa shape index (κ2) is 17.0. The number of unbranched alkanes of at least 4 members (excludes halogenated alkanes) is 2. The van der Waals surface area contributed by atoms with Crippen LogP contribution in [0.1, 0.15) is 87.6 Å². The first-order valence-corrected chi connectivity index (χ1v) is 14.8. The van der Waals surface area contributed by atoms with Crippen molar-refractivity contribution < 1.29 is 19.1 Å². The fourth-order valence-corrected chi connectivity index (χ4v) is 5.08. The normalized spacial score (nSPS) is 14.4. The molecule has 1 aliphatic rings. The molecule has 6 heteroatoms. The van der Waals surface area contributed by atoms with Gasteiger partial charge in [0.05, 0.1) is 13.7 Å². The van der Waals surface area contributed by atoms with Crippen molar-refractivity contribution in [1.29, 1.82) is 0 Å². The van der Waals surface area contributed by atoms with Crippen molar-refractivity contribution in [1.82, 2.24) is 10.2 Å². The first kappa shape index (κ1) is 30.7. The predicted molar refractivity (Wildman–Crippen MR) is 158 cm³/mol. The van der Waals surface area contributed by atoms with Crippen LogP contribution in [0.2, 0.25) is 0 Å². The predicted octanol–water partition coefficient (Wildman–Crippen LogP) is 6.47. The van der Waals surface area contributed by atoms with E-state index in [-0.39, 0.29) is 17.7 Å². The largest absolute Gasteiger partial charge is 0.497 e. The Morgan fingerprint density at radius 3 is 2.21 bits per heavy atom. The molecule has 1 aliphatic heterocycles. The summed E-state index contributed by atoms with van der Waals surface area (Å²) in [5.41, 5.74) is 1.89. The summed E-state index contributed by atoms with van der Waals surface area (Å²) in [6.45, 7) is 8.34. The number of hydrogen-bond acceptors (Lipinski definition) is 5. The number of amides is 1. The number of ether oxygens (including phenoxy) is 2. The molecule has 0 saturated carbocycles. The number of methoxy groups -OCH3 is 1. The summed E-state index contributed by atoms with van der Waals surface area (Å²) in [6.07, 6.45) is 9.08. The van der Waals surface area contributed by atoms with E-state index >= 15 is 0 Å². The monoisotopic (exact) mass is 536 g/mol. The Bertz CT molecular complexity index is 982. The van der Waals surface area contributed by atoms with E-state index in [1.165, 1.54) is 31.2 Å². The number of carbonyl (C=O) groups is 2. The average Bonchev–Trinajstić information content (AvgIpc) is 3.44. The van der Waals surface area contributed by atoms with Crippen LogP contribution < -0.4 is 14.8 Å². The number of likely N-dealkylation sites (tertiary alicyclic amines) is 1. The van der Waals surface area contributed by atoms with Crippen molar-refractivity contribution in [3.8, 4) is 11.5 Å². The van der Waals surface area contributed by atoms with Gasteiger partial charge in [0, 0.05) is 31.0 Å². The number of nitrogens with one attached hydrogen (secondary N) is 1. The molecule has 6 nitrogen and oxygen atoms in total. The number of carbonyl (C=O) groups excluding carboxylic acids is 2. The highest BCUT2D eigenvalue weighted by Crippen LogP contribution is 2.17. The smallest absolute Gasteiger partial charge is 0.220 e. The van der Waals surface area contributed by atoms with Gasteiger partial charge in [0.15, 0.2) is 5.78 Å². The minimum atomic E-state index is 0.0671. The molecule has 0 spiro atoms. The van der Waals surface area contributed by atoms with E-state index < -0.39 is 0 Å². The summed E-state index contributed by atoms with van der Waals surface area (Å²) in [4.78, 5) is 27.7. The van der Waals surface area contributed by atoms with E-state index in [1.54, 1.807) is 31.4 Å². The third-order valence-electron chi connectivity index (χ3n) is 7.36. The summed E-state index contributed by atoms with van der Waals surface area (Å²) in [5, 5.41) is 3.29. The molecule has 0 aromatic heterocycles. The summed E-state index contributed by atoms with van der Waals surface area (Å²) < 4.78 is 11.1. The Morgan fingerprint density at radius 1 is 0.872 bits per heavy atom. The van der Waals surface area contributed by atoms with E-state index in [9.17, 15) is 9.59 Å². The van der Waals surface area contributed by atoms with Crippen LogP contribution >= 0.6 is 0 Å². The van der Waals surface area contributed by atoms with E-state index in [4.69, 9.17) is 9.47 Å². The molecule has 214 valence electrons. The molecular formula is C33H48N2O4. The Kier molecular flexibility index (Phi) is 13.3. The minimum Gasteiger partial charge on any atom is -0.497 e. The lowest BCUT2D eigenvalue weighted by Gasteiger charge is -2.25. The van der Waals surface area contributed by atoms with E-state index in [2.05, 4.69) is 36.2 Å². The average molecular weight is 537 g/mol.